The van der Waals surface area contributed by atoms with Gasteiger partial charge in [0.05, 0.1) is 24.5 Å². The Morgan fingerprint density at radius 1 is 1.31 bits per heavy atom. The number of hydrogen-bond acceptors (Lipinski definition) is 3. The second-order valence-electron chi connectivity index (χ2n) is 8.01. The Bertz CT molecular complexity index is 757. The van der Waals surface area contributed by atoms with E-state index in [2.05, 4.69) is 55.5 Å². The molecule has 5 nitrogen and oxygen atoms in total. The van der Waals surface area contributed by atoms with Crippen LogP contribution in [0.2, 0.25) is 0 Å². The van der Waals surface area contributed by atoms with Gasteiger partial charge >= 0.3 is 0 Å². The minimum atomic E-state index is 0.0342. The molecule has 0 aliphatic heterocycles. The first-order chi connectivity index (χ1) is 12.4. The van der Waals surface area contributed by atoms with Gasteiger partial charge < -0.3 is 10.1 Å². The smallest absolute Gasteiger partial charge is 0.222 e. The number of carbonyl (C=O) groups is 1. The highest BCUT2D eigenvalue weighted by Gasteiger charge is 2.26. The number of aromatic nitrogens is 2. The molecule has 1 atom stereocenters. The number of benzene rings is 1. The summed E-state index contributed by atoms with van der Waals surface area (Å²) in [5.41, 5.74) is 4.87. The molecule has 0 bridgehead atoms. The van der Waals surface area contributed by atoms with Gasteiger partial charge in [0, 0.05) is 24.8 Å². The van der Waals surface area contributed by atoms with Crippen LogP contribution in [0.5, 0.6) is 0 Å². The van der Waals surface area contributed by atoms with Gasteiger partial charge in [0.2, 0.25) is 5.91 Å². The minimum absolute atomic E-state index is 0.0342. The van der Waals surface area contributed by atoms with Gasteiger partial charge in [0.1, 0.15) is 0 Å². The maximum absolute atomic E-state index is 12.1. The van der Waals surface area contributed by atoms with E-state index in [1.807, 2.05) is 10.9 Å². The lowest BCUT2D eigenvalue weighted by atomic mass is 9.87. The van der Waals surface area contributed by atoms with Gasteiger partial charge in [-0.15, -0.1) is 0 Å². The Kier molecular flexibility index (Phi) is 5.47. The SMILES string of the molecule is COCCC(=O)NC1CCCc2c1cnn2-c1ccc(C(C)(C)C)cc1. The third kappa shape index (κ3) is 3.98. The third-order valence-electron chi connectivity index (χ3n) is 5.03. The Morgan fingerprint density at radius 3 is 2.69 bits per heavy atom. The van der Waals surface area contributed by atoms with Crippen LogP contribution >= 0.6 is 0 Å². The third-order valence-corrected chi connectivity index (χ3v) is 5.03. The predicted molar refractivity (Wildman–Crippen MR) is 103 cm³/mol. The lowest BCUT2D eigenvalue weighted by Crippen LogP contribution is -2.31. The van der Waals surface area contributed by atoms with Crippen molar-refractivity contribution in [3.8, 4) is 5.69 Å². The number of methoxy groups -OCH3 is 1. The quantitative estimate of drug-likeness (QED) is 0.890. The summed E-state index contributed by atoms with van der Waals surface area (Å²) in [5.74, 6) is 0.0342. The Balaban J connectivity index is 1.81. The molecule has 1 aromatic carbocycles. The number of fused-ring (bicyclic) bond motifs is 1. The molecule has 0 saturated carbocycles. The van der Waals surface area contributed by atoms with E-state index in [1.165, 1.54) is 11.3 Å². The van der Waals surface area contributed by atoms with Crippen LogP contribution in [-0.2, 0) is 21.4 Å². The Labute approximate surface area is 155 Å². The van der Waals surface area contributed by atoms with Crippen LogP contribution in [0.4, 0.5) is 0 Å². The molecule has 1 N–H and O–H groups in total. The van der Waals surface area contributed by atoms with Gasteiger partial charge in [-0.1, -0.05) is 32.9 Å². The van der Waals surface area contributed by atoms with E-state index in [9.17, 15) is 4.79 Å². The topological polar surface area (TPSA) is 56.1 Å². The lowest BCUT2D eigenvalue weighted by molar-refractivity contribution is -0.122. The summed E-state index contributed by atoms with van der Waals surface area (Å²) >= 11 is 0. The molecule has 26 heavy (non-hydrogen) atoms. The normalized spacial score (nSPS) is 17.0. The largest absolute Gasteiger partial charge is 0.384 e. The number of nitrogens with zero attached hydrogens (tertiary/aromatic N) is 2. The van der Waals surface area contributed by atoms with Crippen molar-refractivity contribution in [2.75, 3.05) is 13.7 Å². The van der Waals surface area contributed by atoms with Gasteiger partial charge in [-0.25, -0.2) is 4.68 Å². The fourth-order valence-electron chi connectivity index (χ4n) is 3.49. The molecule has 5 heteroatoms. The van der Waals surface area contributed by atoms with Gasteiger partial charge in [-0.3, -0.25) is 4.79 Å². The number of amides is 1. The molecule has 0 radical (unpaired) electrons. The minimum Gasteiger partial charge on any atom is -0.384 e. The van der Waals surface area contributed by atoms with Crippen LogP contribution in [0.3, 0.4) is 0 Å². The first-order valence-electron chi connectivity index (χ1n) is 9.36. The summed E-state index contributed by atoms with van der Waals surface area (Å²) in [5, 5.41) is 7.75. The molecule has 140 valence electrons. The Morgan fingerprint density at radius 2 is 2.04 bits per heavy atom. The summed E-state index contributed by atoms with van der Waals surface area (Å²) in [4.78, 5) is 12.1. The molecule has 0 spiro atoms. The number of rotatable bonds is 5. The molecule has 0 saturated heterocycles. The maximum Gasteiger partial charge on any atom is 0.222 e. The highest BCUT2D eigenvalue weighted by Crippen LogP contribution is 2.31. The monoisotopic (exact) mass is 355 g/mol. The molecule has 2 aromatic rings. The molecule has 3 rings (SSSR count). The average molecular weight is 355 g/mol. The molecular weight excluding hydrogens is 326 g/mol. The average Bonchev–Trinajstić information content (AvgIpc) is 3.04. The van der Waals surface area contributed by atoms with E-state index in [1.54, 1.807) is 7.11 Å². The van der Waals surface area contributed by atoms with E-state index < -0.39 is 0 Å². The van der Waals surface area contributed by atoms with Crippen LogP contribution in [0.1, 0.15) is 62.9 Å². The van der Waals surface area contributed by atoms with Crippen LogP contribution in [-0.4, -0.2) is 29.4 Å². The maximum atomic E-state index is 12.1. The fraction of sp³-hybridized carbons (Fsp3) is 0.524. The highest BCUT2D eigenvalue weighted by molar-refractivity contribution is 5.76. The summed E-state index contributed by atoms with van der Waals surface area (Å²) in [7, 11) is 1.61. The summed E-state index contributed by atoms with van der Waals surface area (Å²) < 4.78 is 7.01. The number of carbonyl (C=O) groups excluding carboxylic acids is 1. The van der Waals surface area contributed by atoms with Crippen LogP contribution in [0.25, 0.3) is 5.69 Å². The highest BCUT2D eigenvalue weighted by atomic mass is 16.5. The van der Waals surface area contributed by atoms with Crippen molar-refractivity contribution >= 4 is 5.91 Å². The van der Waals surface area contributed by atoms with Crippen molar-refractivity contribution < 1.29 is 9.53 Å². The van der Waals surface area contributed by atoms with E-state index >= 15 is 0 Å². The number of ether oxygens (including phenoxy) is 1. The van der Waals surface area contributed by atoms with E-state index in [4.69, 9.17) is 4.74 Å². The zero-order valence-electron chi connectivity index (χ0n) is 16.2. The van der Waals surface area contributed by atoms with Crippen molar-refractivity contribution in [3.63, 3.8) is 0 Å². The van der Waals surface area contributed by atoms with Gasteiger partial charge in [0.15, 0.2) is 0 Å². The molecule has 1 unspecified atom stereocenters. The standard InChI is InChI=1S/C21H29N3O2/c1-21(2,3)15-8-10-16(11-9-15)24-19-7-5-6-18(17(19)14-22-24)23-20(25)12-13-26-4/h8-11,14,18H,5-7,12-13H2,1-4H3,(H,23,25). The predicted octanol–water partition coefficient (Wildman–Crippen LogP) is 3.70. The van der Waals surface area contributed by atoms with Crippen LogP contribution < -0.4 is 5.32 Å². The summed E-state index contributed by atoms with van der Waals surface area (Å²) in [6, 6.07) is 8.67. The van der Waals surface area contributed by atoms with Crippen molar-refractivity contribution in [2.45, 2.75) is 57.9 Å². The summed E-state index contributed by atoms with van der Waals surface area (Å²) in [6.07, 6.45) is 5.30. The molecule has 1 aliphatic rings. The van der Waals surface area contributed by atoms with E-state index in [0.717, 1.165) is 30.5 Å². The van der Waals surface area contributed by atoms with Crippen LogP contribution in [0, 0.1) is 0 Å². The number of hydrogen-bond donors (Lipinski definition) is 1. The number of nitrogens with one attached hydrogen (secondary N) is 1. The molecule has 0 fully saturated rings. The molecule has 1 aliphatic carbocycles. The van der Waals surface area contributed by atoms with Gasteiger partial charge in [-0.05, 0) is 42.4 Å². The van der Waals surface area contributed by atoms with Gasteiger partial charge in [0.25, 0.3) is 0 Å². The molecule has 1 heterocycles. The molecular formula is C21H29N3O2. The van der Waals surface area contributed by atoms with Crippen molar-refractivity contribution in [1.82, 2.24) is 15.1 Å². The van der Waals surface area contributed by atoms with Crippen LogP contribution in [0.15, 0.2) is 30.5 Å². The van der Waals surface area contributed by atoms with Gasteiger partial charge in [-0.2, -0.15) is 5.10 Å². The van der Waals surface area contributed by atoms with E-state index in [0.29, 0.717) is 13.0 Å². The summed E-state index contributed by atoms with van der Waals surface area (Å²) in [6.45, 7) is 7.10. The van der Waals surface area contributed by atoms with Crippen molar-refractivity contribution in [2.24, 2.45) is 0 Å². The second-order valence-corrected chi connectivity index (χ2v) is 8.01. The van der Waals surface area contributed by atoms with Crippen molar-refractivity contribution in [3.05, 3.63) is 47.3 Å². The molecule has 1 aromatic heterocycles. The first-order valence-corrected chi connectivity index (χ1v) is 9.36. The zero-order chi connectivity index (χ0) is 18.7. The Hall–Kier alpha value is -2.14. The van der Waals surface area contributed by atoms with Crippen molar-refractivity contribution in [1.29, 1.82) is 0 Å². The fourth-order valence-corrected chi connectivity index (χ4v) is 3.49. The lowest BCUT2D eigenvalue weighted by Gasteiger charge is -2.24. The zero-order valence-corrected chi connectivity index (χ0v) is 16.2. The second kappa shape index (κ2) is 7.62. The van der Waals surface area contributed by atoms with E-state index in [-0.39, 0.29) is 17.4 Å². The first kappa shape index (κ1) is 18.6. The molecule has 1 amide bonds.